The normalized spacial score (nSPS) is 15.9. The number of amides is 1. The van der Waals surface area contributed by atoms with Crippen molar-refractivity contribution in [1.29, 1.82) is 0 Å². The molecule has 0 aliphatic carbocycles. The average molecular weight is 432 g/mol. The van der Waals surface area contributed by atoms with E-state index in [1.165, 1.54) is 0 Å². The van der Waals surface area contributed by atoms with Gasteiger partial charge in [0.2, 0.25) is 5.91 Å². The number of aromatic nitrogens is 1. The number of rotatable bonds is 9. The van der Waals surface area contributed by atoms with Gasteiger partial charge in [-0.2, -0.15) is 0 Å². The van der Waals surface area contributed by atoms with Crippen LogP contribution in [-0.4, -0.2) is 50.2 Å². The van der Waals surface area contributed by atoms with Gasteiger partial charge in [0.05, 0.1) is 22.9 Å². The predicted molar refractivity (Wildman–Crippen MR) is 113 cm³/mol. The lowest BCUT2D eigenvalue weighted by Crippen LogP contribution is -2.47. The highest BCUT2D eigenvalue weighted by Crippen LogP contribution is 2.28. The number of carbonyl (C=O) groups excluding carboxylic acids is 1. The van der Waals surface area contributed by atoms with Gasteiger partial charge in [-0.25, -0.2) is 0 Å². The van der Waals surface area contributed by atoms with Crippen LogP contribution in [0, 0.1) is 5.41 Å². The van der Waals surface area contributed by atoms with Gasteiger partial charge in [0, 0.05) is 30.9 Å². The van der Waals surface area contributed by atoms with Gasteiger partial charge in [0.15, 0.2) is 5.76 Å². The lowest BCUT2D eigenvalue weighted by atomic mass is 9.79. The number of nitrogens with zero attached hydrogens (tertiary/aromatic N) is 1. The molecule has 27 heavy (non-hydrogen) atoms. The highest BCUT2D eigenvalue weighted by Gasteiger charge is 2.32. The molecule has 2 aromatic heterocycles. The largest absolute Gasteiger partial charge is 0.384 e. The second-order valence-electron chi connectivity index (χ2n) is 6.61. The highest BCUT2D eigenvalue weighted by atomic mass is 35.5. The van der Waals surface area contributed by atoms with E-state index in [4.69, 9.17) is 9.26 Å². The van der Waals surface area contributed by atoms with Crippen LogP contribution in [0.1, 0.15) is 18.5 Å². The van der Waals surface area contributed by atoms with Gasteiger partial charge in [-0.15, -0.1) is 35.5 Å². The van der Waals surface area contributed by atoms with Crippen molar-refractivity contribution in [3.05, 3.63) is 29.3 Å². The molecule has 0 radical (unpaired) electrons. The SMILES string of the molecule is COCC1(CNC(=O)CSCc2cc(-c3cccs3)on2)CCNCC1.Cl. The molecule has 3 rings (SSSR count). The van der Waals surface area contributed by atoms with Crippen molar-refractivity contribution in [3.63, 3.8) is 0 Å². The minimum absolute atomic E-state index is 0. The number of thioether (sulfide) groups is 1. The summed E-state index contributed by atoms with van der Waals surface area (Å²) in [5.41, 5.74) is 0.919. The molecule has 3 heterocycles. The maximum atomic E-state index is 12.2. The van der Waals surface area contributed by atoms with Crippen molar-refractivity contribution in [2.75, 3.05) is 39.1 Å². The number of methoxy groups -OCH3 is 1. The molecular formula is C18H26ClN3O3S2. The maximum Gasteiger partial charge on any atom is 0.230 e. The third kappa shape index (κ3) is 6.50. The summed E-state index contributed by atoms with van der Waals surface area (Å²) in [6, 6.07) is 5.94. The van der Waals surface area contributed by atoms with Crippen LogP contribution in [0.2, 0.25) is 0 Å². The first-order valence-corrected chi connectivity index (χ1v) is 10.8. The van der Waals surface area contributed by atoms with Crippen molar-refractivity contribution in [1.82, 2.24) is 15.8 Å². The number of carbonyl (C=O) groups is 1. The van der Waals surface area contributed by atoms with Crippen LogP contribution in [0.25, 0.3) is 10.6 Å². The first-order valence-electron chi connectivity index (χ1n) is 8.74. The number of halogens is 1. The average Bonchev–Trinajstić information content (AvgIpc) is 3.33. The predicted octanol–water partition coefficient (Wildman–Crippen LogP) is 3.19. The van der Waals surface area contributed by atoms with E-state index in [2.05, 4.69) is 15.8 Å². The Morgan fingerprint density at radius 2 is 2.30 bits per heavy atom. The first-order chi connectivity index (χ1) is 12.7. The summed E-state index contributed by atoms with van der Waals surface area (Å²) in [4.78, 5) is 13.3. The summed E-state index contributed by atoms with van der Waals surface area (Å²) < 4.78 is 10.7. The summed E-state index contributed by atoms with van der Waals surface area (Å²) in [7, 11) is 1.73. The molecule has 1 amide bonds. The van der Waals surface area contributed by atoms with E-state index in [1.807, 2.05) is 23.6 Å². The number of thiophene rings is 1. The molecule has 150 valence electrons. The van der Waals surface area contributed by atoms with Crippen LogP contribution in [-0.2, 0) is 15.3 Å². The van der Waals surface area contributed by atoms with Gasteiger partial charge >= 0.3 is 0 Å². The number of nitrogens with one attached hydrogen (secondary N) is 2. The third-order valence-corrected chi connectivity index (χ3v) is 6.43. The van der Waals surface area contributed by atoms with Crippen molar-refractivity contribution < 1.29 is 14.1 Å². The quantitative estimate of drug-likeness (QED) is 0.635. The summed E-state index contributed by atoms with van der Waals surface area (Å²) in [6.45, 7) is 3.32. The number of ether oxygens (including phenoxy) is 1. The van der Waals surface area contributed by atoms with Crippen LogP contribution >= 0.6 is 35.5 Å². The van der Waals surface area contributed by atoms with Crippen LogP contribution in [0.5, 0.6) is 0 Å². The molecule has 2 aromatic rings. The van der Waals surface area contributed by atoms with Crippen LogP contribution < -0.4 is 10.6 Å². The first kappa shape index (κ1) is 22.2. The Balaban J connectivity index is 0.00000261. The molecule has 1 saturated heterocycles. The minimum atomic E-state index is 0. The molecular weight excluding hydrogens is 406 g/mol. The molecule has 6 nitrogen and oxygen atoms in total. The van der Waals surface area contributed by atoms with E-state index in [0.717, 1.165) is 42.3 Å². The monoisotopic (exact) mass is 431 g/mol. The fourth-order valence-corrected chi connectivity index (χ4v) is 4.54. The smallest absolute Gasteiger partial charge is 0.230 e. The molecule has 1 fully saturated rings. The van der Waals surface area contributed by atoms with Crippen molar-refractivity contribution >= 4 is 41.4 Å². The molecule has 0 spiro atoms. The maximum absolute atomic E-state index is 12.2. The molecule has 0 bridgehead atoms. The van der Waals surface area contributed by atoms with Gasteiger partial charge in [0.1, 0.15) is 0 Å². The number of piperidine rings is 1. The van der Waals surface area contributed by atoms with Gasteiger partial charge in [-0.1, -0.05) is 11.2 Å². The second kappa shape index (κ2) is 11.1. The molecule has 0 aromatic carbocycles. The Labute approximate surface area is 174 Å². The third-order valence-electron chi connectivity index (χ3n) is 4.58. The van der Waals surface area contributed by atoms with Crippen LogP contribution in [0.15, 0.2) is 28.1 Å². The van der Waals surface area contributed by atoms with E-state index in [-0.39, 0.29) is 23.7 Å². The van der Waals surface area contributed by atoms with Crippen molar-refractivity contribution in [2.24, 2.45) is 5.41 Å². The van der Waals surface area contributed by atoms with E-state index >= 15 is 0 Å². The Hall–Kier alpha value is -1.06. The fourth-order valence-electron chi connectivity index (χ4n) is 3.14. The number of hydrogen-bond acceptors (Lipinski definition) is 7. The summed E-state index contributed by atoms with van der Waals surface area (Å²) in [5.74, 6) is 1.93. The van der Waals surface area contributed by atoms with E-state index < -0.39 is 0 Å². The Morgan fingerprint density at radius 1 is 1.48 bits per heavy atom. The van der Waals surface area contributed by atoms with E-state index in [1.54, 1.807) is 30.2 Å². The molecule has 1 aliphatic rings. The second-order valence-corrected chi connectivity index (χ2v) is 8.55. The number of hydrogen-bond donors (Lipinski definition) is 2. The summed E-state index contributed by atoms with van der Waals surface area (Å²) in [6.07, 6.45) is 2.05. The zero-order valence-corrected chi connectivity index (χ0v) is 17.8. The zero-order valence-electron chi connectivity index (χ0n) is 15.4. The fraction of sp³-hybridized carbons (Fsp3) is 0.556. The summed E-state index contributed by atoms with van der Waals surface area (Å²) in [5, 5.41) is 12.5. The molecule has 2 N–H and O–H groups in total. The van der Waals surface area contributed by atoms with Gasteiger partial charge in [-0.05, 0) is 37.4 Å². The molecule has 0 saturated carbocycles. The van der Waals surface area contributed by atoms with Crippen LogP contribution in [0.3, 0.4) is 0 Å². The topological polar surface area (TPSA) is 76.4 Å². The van der Waals surface area contributed by atoms with Crippen molar-refractivity contribution in [3.8, 4) is 10.6 Å². The standard InChI is InChI=1S/C18H25N3O3S2.ClH/c1-23-13-18(4-6-19-7-5-18)12-20-17(22)11-25-10-14-9-15(24-21-14)16-3-2-8-26-16;/h2-3,8-9,19H,4-7,10-13H2,1H3,(H,20,22);1H. The molecule has 0 unspecified atom stereocenters. The highest BCUT2D eigenvalue weighted by molar-refractivity contribution is 7.99. The molecule has 9 heteroatoms. The zero-order chi connectivity index (χ0) is 18.2. The van der Waals surface area contributed by atoms with Gasteiger partial charge < -0.3 is 19.9 Å². The van der Waals surface area contributed by atoms with Crippen molar-refractivity contribution in [2.45, 2.75) is 18.6 Å². The lowest BCUT2D eigenvalue weighted by Gasteiger charge is -2.37. The Bertz CT molecular complexity index is 682. The van der Waals surface area contributed by atoms with E-state index in [0.29, 0.717) is 24.7 Å². The Kier molecular flexibility index (Phi) is 9.11. The molecule has 1 aliphatic heterocycles. The Morgan fingerprint density at radius 3 is 3.00 bits per heavy atom. The van der Waals surface area contributed by atoms with E-state index in [9.17, 15) is 4.79 Å². The van der Waals surface area contributed by atoms with Crippen LogP contribution in [0.4, 0.5) is 0 Å². The van der Waals surface area contributed by atoms with Gasteiger partial charge in [-0.3, -0.25) is 4.79 Å². The minimum Gasteiger partial charge on any atom is -0.384 e. The van der Waals surface area contributed by atoms with Gasteiger partial charge in [0.25, 0.3) is 0 Å². The summed E-state index contributed by atoms with van der Waals surface area (Å²) >= 11 is 3.17. The molecule has 0 atom stereocenters. The lowest BCUT2D eigenvalue weighted by molar-refractivity contribution is -0.119.